The zero-order chi connectivity index (χ0) is 14.1. The molecule has 7 heteroatoms. The maximum absolute atomic E-state index is 11.5. The molecule has 0 atom stereocenters. The fraction of sp³-hybridized carbons (Fsp3) is 0.500. The van der Waals surface area contributed by atoms with Gasteiger partial charge < -0.3 is 9.84 Å². The summed E-state index contributed by atoms with van der Waals surface area (Å²) in [6, 6.07) is 3.68. The lowest BCUT2D eigenvalue weighted by Crippen LogP contribution is -2.27. The molecule has 1 rings (SSSR count). The number of thiophene rings is 1. The van der Waals surface area contributed by atoms with Crippen LogP contribution in [-0.4, -0.2) is 39.6 Å². The van der Waals surface area contributed by atoms with Crippen molar-refractivity contribution < 1.29 is 18.3 Å². The Morgan fingerprint density at radius 3 is 2.95 bits per heavy atom. The van der Waals surface area contributed by atoms with E-state index in [4.69, 9.17) is 9.84 Å². The summed E-state index contributed by atoms with van der Waals surface area (Å²) in [5.41, 5.74) is 0. The van der Waals surface area contributed by atoms with Gasteiger partial charge in [0.1, 0.15) is 0 Å². The van der Waals surface area contributed by atoms with Gasteiger partial charge in [-0.25, -0.2) is 13.1 Å². The Labute approximate surface area is 117 Å². The van der Waals surface area contributed by atoms with Crippen LogP contribution in [0.15, 0.2) is 12.1 Å². The van der Waals surface area contributed by atoms with Crippen LogP contribution < -0.4 is 4.72 Å². The first kappa shape index (κ1) is 16.1. The average Bonchev–Trinajstić information content (AvgIpc) is 2.83. The van der Waals surface area contributed by atoms with Gasteiger partial charge >= 0.3 is 0 Å². The molecule has 0 aromatic carbocycles. The maximum atomic E-state index is 11.5. The quantitative estimate of drug-likeness (QED) is 0.721. The monoisotopic (exact) mass is 303 g/mol. The van der Waals surface area contributed by atoms with Crippen molar-refractivity contribution in [1.82, 2.24) is 4.72 Å². The van der Waals surface area contributed by atoms with Crippen molar-refractivity contribution in [3.8, 4) is 11.8 Å². The number of aliphatic hydroxyl groups is 1. The van der Waals surface area contributed by atoms with E-state index in [-0.39, 0.29) is 25.5 Å². The fourth-order valence-electron chi connectivity index (χ4n) is 1.19. The molecule has 0 aliphatic heterocycles. The Hall–Kier alpha value is -0.910. The number of ether oxygens (including phenoxy) is 1. The molecule has 0 bridgehead atoms. The molecular formula is C12H17NO4S2. The molecule has 19 heavy (non-hydrogen) atoms. The van der Waals surface area contributed by atoms with E-state index in [0.29, 0.717) is 6.42 Å². The van der Waals surface area contributed by atoms with E-state index < -0.39 is 10.0 Å². The van der Waals surface area contributed by atoms with Gasteiger partial charge in [0.15, 0.2) is 0 Å². The van der Waals surface area contributed by atoms with Gasteiger partial charge in [-0.3, -0.25) is 0 Å². The van der Waals surface area contributed by atoms with Crippen LogP contribution in [0.25, 0.3) is 0 Å². The van der Waals surface area contributed by atoms with Crippen LogP contribution >= 0.6 is 11.3 Å². The van der Waals surface area contributed by atoms with E-state index in [2.05, 4.69) is 16.6 Å². The predicted molar refractivity (Wildman–Crippen MR) is 75.4 cm³/mol. The zero-order valence-electron chi connectivity index (χ0n) is 10.7. The number of methoxy groups -OCH3 is 1. The molecule has 1 aromatic rings. The summed E-state index contributed by atoms with van der Waals surface area (Å²) >= 11 is 1.43. The number of aliphatic hydroxyl groups excluding tert-OH is 1. The molecule has 0 saturated carbocycles. The average molecular weight is 303 g/mol. The normalized spacial score (nSPS) is 11.1. The highest BCUT2D eigenvalue weighted by Crippen LogP contribution is 2.15. The summed E-state index contributed by atoms with van der Waals surface area (Å²) in [7, 11) is -1.83. The molecule has 0 saturated heterocycles. The minimum Gasteiger partial charge on any atom is -0.395 e. The van der Waals surface area contributed by atoms with Crippen LogP contribution in [0.5, 0.6) is 0 Å². The largest absolute Gasteiger partial charge is 0.395 e. The van der Waals surface area contributed by atoms with Crippen molar-refractivity contribution in [2.24, 2.45) is 0 Å². The van der Waals surface area contributed by atoms with Crippen LogP contribution in [0.1, 0.15) is 16.2 Å². The summed E-state index contributed by atoms with van der Waals surface area (Å²) in [6.07, 6.45) is 0.441. The Bertz CT molecular complexity index is 540. The first-order valence-corrected chi connectivity index (χ1v) is 8.19. The van der Waals surface area contributed by atoms with Gasteiger partial charge in [0.2, 0.25) is 10.0 Å². The van der Waals surface area contributed by atoms with E-state index in [1.54, 1.807) is 0 Å². The molecule has 2 N–H and O–H groups in total. The van der Waals surface area contributed by atoms with E-state index in [1.165, 1.54) is 18.4 Å². The Kier molecular flexibility index (Phi) is 7.05. The lowest BCUT2D eigenvalue weighted by atomic mass is 10.4. The molecule has 0 aliphatic carbocycles. The van der Waals surface area contributed by atoms with Gasteiger partial charge in [0.05, 0.1) is 23.8 Å². The smallest absolute Gasteiger partial charge is 0.214 e. The topological polar surface area (TPSA) is 75.6 Å². The standard InChI is InChI=1S/C12H17NO4S2/c1-17-8-9-19(15,16)13-10-12-6-5-11(18-12)4-2-3-7-14/h5-6,13-14H,3,7-10H2,1H3. The SMILES string of the molecule is COCCS(=O)(=O)NCc1ccc(C#CCCO)s1. The minimum atomic E-state index is -3.29. The lowest BCUT2D eigenvalue weighted by molar-refractivity contribution is 0.217. The molecule has 0 aliphatic rings. The Morgan fingerprint density at radius 2 is 2.26 bits per heavy atom. The highest BCUT2D eigenvalue weighted by molar-refractivity contribution is 7.89. The van der Waals surface area contributed by atoms with Gasteiger partial charge in [-0.15, -0.1) is 11.3 Å². The van der Waals surface area contributed by atoms with Crippen molar-refractivity contribution in [2.45, 2.75) is 13.0 Å². The van der Waals surface area contributed by atoms with Gasteiger partial charge in [-0.2, -0.15) is 0 Å². The van der Waals surface area contributed by atoms with Crippen molar-refractivity contribution in [1.29, 1.82) is 0 Å². The van der Waals surface area contributed by atoms with E-state index >= 15 is 0 Å². The summed E-state index contributed by atoms with van der Waals surface area (Å²) < 4.78 is 30.3. The number of rotatable bonds is 7. The van der Waals surface area contributed by atoms with Crippen LogP contribution in [0, 0.1) is 11.8 Å². The second kappa shape index (κ2) is 8.30. The van der Waals surface area contributed by atoms with E-state index in [9.17, 15) is 8.42 Å². The third kappa shape index (κ3) is 6.71. The predicted octanol–water partition coefficient (Wildman–Crippen LogP) is 0.548. The third-order valence-electron chi connectivity index (χ3n) is 2.13. The molecule has 1 aromatic heterocycles. The Balaban J connectivity index is 2.49. The highest BCUT2D eigenvalue weighted by atomic mass is 32.2. The van der Waals surface area contributed by atoms with Crippen LogP contribution in [-0.2, 0) is 21.3 Å². The van der Waals surface area contributed by atoms with Gasteiger partial charge in [-0.05, 0) is 12.1 Å². The number of nitrogens with one attached hydrogen (secondary N) is 1. The van der Waals surface area contributed by atoms with Crippen molar-refractivity contribution in [3.05, 3.63) is 21.9 Å². The van der Waals surface area contributed by atoms with Crippen LogP contribution in [0.4, 0.5) is 0 Å². The first-order valence-electron chi connectivity index (χ1n) is 5.72. The summed E-state index contributed by atoms with van der Waals surface area (Å²) in [6.45, 7) is 0.487. The van der Waals surface area contributed by atoms with Crippen LogP contribution in [0.2, 0.25) is 0 Å². The van der Waals surface area contributed by atoms with Crippen molar-refractivity contribution >= 4 is 21.4 Å². The molecule has 0 fully saturated rings. The number of sulfonamides is 1. The van der Waals surface area contributed by atoms with E-state index in [0.717, 1.165) is 9.75 Å². The second-order valence-electron chi connectivity index (χ2n) is 3.67. The summed E-state index contributed by atoms with van der Waals surface area (Å²) in [5.74, 6) is 5.69. The molecular weight excluding hydrogens is 286 g/mol. The number of hydrogen-bond acceptors (Lipinski definition) is 5. The highest BCUT2D eigenvalue weighted by Gasteiger charge is 2.09. The molecule has 1 heterocycles. The maximum Gasteiger partial charge on any atom is 0.214 e. The molecule has 0 amide bonds. The number of hydrogen-bond donors (Lipinski definition) is 2. The molecule has 0 spiro atoms. The van der Waals surface area contributed by atoms with Gasteiger partial charge in [-0.1, -0.05) is 11.8 Å². The summed E-state index contributed by atoms with van der Waals surface area (Å²) in [4.78, 5) is 1.76. The second-order valence-corrected chi connectivity index (χ2v) is 6.77. The van der Waals surface area contributed by atoms with Gasteiger partial charge in [0.25, 0.3) is 0 Å². The molecule has 5 nitrogen and oxygen atoms in total. The van der Waals surface area contributed by atoms with Crippen molar-refractivity contribution in [3.63, 3.8) is 0 Å². The fourth-order valence-corrected chi connectivity index (χ4v) is 3.01. The lowest BCUT2D eigenvalue weighted by Gasteiger charge is -2.04. The molecule has 106 valence electrons. The van der Waals surface area contributed by atoms with Crippen molar-refractivity contribution in [2.75, 3.05) is 26.1 Å². The van der Waals surface area contributed by atoms with Crippen LogP contribution in [0.3, 0.4) is 0 Å². The molecule has 0 unspecified atom stereocenters. The van der Waals surface area contributed by atoms with Gasteiger partial charge in [0, 0.05) is 25.0 Å². The van der Waals surface area contributed by atoms with E-state index in [1.807, 2.05) is 12.1 Å². The minimum absolute atomic E-state index is 0.0436. The summed E-state index contributed by atoms with van der Waals surface area (Å²) in [5, 5.41) is 8.61. The zero-order valence-corrected chi connectivity index (χ0v) is 12.3. The first-order chi connectivity index (χ1) is 9.07. The third-order valence-corrected chi connectivity index (χ3v) is 4.42. The molecule has 0 radical (unpaired) electrons. The Morgan fingerprint density at radius 1 is 1.47 bits per heavy atom.